The average molecular weight is 487 g/mol. The topological polar surface area (TPSA) is 50.2 Å². The molecule has 0 saturated carbocycles. The zero-order chi connectivity index (χ0) is 25.4. The summed E-state index contributed by atoms with van der Waals surface area (Å²) in [6.45, 7) is 4.44. The van der Waals surface area contributed by atoms with Gasteiger partial charge in [-0.25, -0.2) is 9.07 Å². The average Bonchev–Trinajstić information content (AvgIpc) is 3.49. The van der Waals surface area contributed by atoms with E-state index in [1.165, 1.54) is 29.0 Å². The summed E-state index contributed by atoms with van der Waals surface area (Å²) in [5, 5.41) is 8.01. The van der Waals surface area contributed by atoms with Crippen LogP contribution in [0.1, 0.15) is 67.1 Å². The Morgan fingerprint density at radius 2 is 1.94 bits per heavy atom. The number of nitrogens with one attached hydrogen (secondary N) is 1. The third kappa shape index (κ3) is 4.45. The Bertz CT molecular complexity index is 1290. The van der Waals surface area contributed by atoms with E-state index in [4.69, 9.17) is 0 Å². The molecule has 2 aromatic carbocycles. The smallest absolute Gasteiger partial charge is 0.253 e. The highest BCUT2D eigenvalue weighted by Gasteiger charge is 2.37. The zero-order valence-electron chi connectivity index (χ0n) is 21.6. The van der Waals surface area contributed by atoms with Crippen LogP contribution in [0.25, 0.3) is 5.69 Å². The van der Waals surface area contributed by atoms with Gasteiger partial charge in [0.25, 0.3) is 5.91 Å². The Kier molecular flexibility index (Phi) is 6.69. The standard InChI is InChI=1S/C30H35FN4O/c1-5-23(33-30(36)25-8-6-7-9-27(25)34(3)4)16-20-10-11-21-17-28-26(19(2)29(20)21)18-32-35(28)24-14-12-22(31)13-15-24/h6-9,12-15,18-20,23H,5,10-11,16-17H2,1-4H3,(H,33,36)/t19-,20+,23?/m0/s1. The summed E-state index contributed by atoms with van der Waals surface area (Å²) in [4.78, 5) is 15.2. The number of halogens is 1. The number of rotatable bonds is 7. The van der Waals surface area contributed by atoms with E-state index < -0.39 is 0 Å². The van der Waals surface area contributed by atoms with Gasteiger partial charge in [0, 0.05) is 43.7 Å². The Labute approximate surface area is 213 Å². The van der Waals surface area contributed by atoms with E-state index >= 15 is 0 Å². The van der Waals surface area contributed by atoms with Gasteiger partial charge in [-0.1, -0.05) is 37.1 Å². The van der Waals surface area contributed by atoms with E-state index in [0.717, 1.165) is 49.0 Å². The molecule has 1 unspecified atom stereocenters. The molecule has 0 fully saturated rings. The fraction of sp³-hybridized carbons (Fsp3) is 0.400. The Morgan fingerprint density at radius 3 is 2.67 bits per heavy atom. The molecule has 0 bridgehead atoms. The van der Waals surface area contributed by atoms with Crippen molar-refractivity contribution in [2.24, 2.45) is 5.92 Å². The number of para-hydroxylation sites is 1. The lowest BCUT2D eigenvalue weighted by molar-refractivity contribution is 0.0931. The fourth-order valence-corrected chi connectivity index (χ4v) is 6.12. The van der Waals surface area contributed by atoms with Crippen molar-refractivity contribution >= 4 is 11.6 Å². The molecule has 5 nitrogen and oxygen atoms in total. The van der Waals surface area contributed by atoms with Gasteiger partial charge in [0.2, 0.25) is 0 Å². The van der Waals surface area contributed by atoms with Gasteiger partial charge in [-0.05, 0) is 68.0 Å². The van der Waals surface area contributed by atoms with Crippen molar-refractivity contribution in [3.8, 4) is 5.69 Å². The SMILES string of the molecule is CCC(C[C@H]1CCC2=C1[C@@H](C)c1cnn(-c3ccc(F)cc3)c1C2)NC(=O)c1ccccc1N(C)C. The molecule has 3 atom stereocenters. The minimum atomic E-state index is -0.237. The van der Waals surface area contributed by atoms with Crippen LogP contribution in [0.3, 0.4) is 0 Å². The van der Waals surface area contributed by atoms with Gasteiger partial charge < -0.3 is 10.2 Å². The van der Waals surface area contributed by atoms with Crippen LogP contribution in [0.4, 0.5) is 10.1 Å². The number of carbonyl (C=O) groups is 1. The molecule has 5 rings (SSSR count). The van der Waals surface area contributed by atoms with Crippen LogP contribution in [0.5, 0.6) is 0 Å². The van der Waals surface area contributed by atoms with E-state index in [0.29, 0.717) is 11.8 Å². The van der Waals surface area contributed by atoms with Crippen molar-refractivity contribution in [2.75, 3.05) is 19.0 Å². The minimum absolute atomic E-state index is 0.00194. The van der Waals surface area contributed by atoms with Crippen molar-refractivity contribution in [1.29, 1.82) is 0 Å². The third-order valence-electron chi connectivity index (χ3n) is 7.96. The lowest BCUT2D eigenvalue weighted by atomic mass is 9.78. The summed E-state index contributed by atoms with van der Waals surface area (Å²) in [5.74, 6) is 0.525. The van der Waals surface area contributed by atoms with Crippen LogP contribution in [-0.4, -0.2) is 35.8 Å². The van der Waals surface area contributed by atoms with Gasteiger partial charge in [0.15, 0.2) is 0 Å². The van der Waals surface area contributed by atoms with Crippen LogP contribution in [0, 0.1) is 11.7 Å². The predicted molar refractivity (Wildman–Crippen MR) is 142 cm³/mol. The van der Waals surface area contributed by atoms with Crippen molar-refractivity contribution in [3.05, 3.63) is 88.5 Å². The molecule has 1 N–H and O–H groups in total. The first-order valence-electron chi connectivity index (χ1n) is 13.0. The van der Waals surface area contributed by atoms with Crippen LogP contribution >= 0.6 is 0 Å². The molecule has 0 saturated heterocycles. The number of allylic oxidation sites excluding steroid dienone is 2. The van der Waals surface area contributed by atoms with Gasteiger partial charge in [0.1, 0.15) is 5.82 Å². The molecule has 1 heterocycles. The van der Waals surface area contributed by atoms with Crippen LogP contribution in [0.15, 0.2) is 65.9 Å². The lowest BCUT2D eigenvalue weighted by Gasteiger charge is -2.29. The van der Waals surface area contributed by atoms with Gasteiger partial charge in [-0.15, -0.1) is 0 Å². The lowest BCUT2D eigenvalue weighted by Crippen LogP contribution is -2.37. The molecule has 6 heteroatoms. The number of fused-ring (bicyclic) bond motifs is 1. The molecule has 2 aliphatic carbocycles. The number of hydrogen-bond donors (Lipinski definition) is 1. The number of amides is 1. The molecule has 0 radical (unpaired) electrons. The summed E-state index contributed by atoms with van der Waals surface area (Å²) in [6.07, 6.45) is 6.95. The van der Waals surface area contributed by atoms with E-state index in [2.05, 4.69) is 24.3 Å². The van der Waals surface area contributed by atoms with Gasteiger partial charge in [-0.3, -0.25) is 4.79 Å². The molecule has 0 aliphatic heterocycles. The van der Waals surface area contributed by atoms with Crippen molar-refractivity contribution in [1.82, 2.24) is 15.1 Å². The highest BCUT2D eigenvalue weighted by atomic mass is 19.1. The summed E-state index contributed by atoms with van der Waals surface area (Å²) >= 11 is 0. The maximum atomic E-state index is 13.4. The molecule has 2 aliphatic rings. The van der Waals surface area contributed by atoms with Crippen molar-refractivity contribution < 1.29 is 9.18 Å². The molecular weight excluding hydrogens is 451 g/mol. The minimum Gasteiger partial charge on any atom is -0.377 e. The highest BCUT2D eigenvalue weighted by molar-refractivity contribution is 5.99. The number of nitrogens with zero attached hydrogens (tertiary/aromatic N) is 3. The first-order chi connectivity index (χ1) is 17.4. The van der Waals surface area contributed by atoms with E-state index in [1.807, 2.05) is 54.1 Å². The Morgan fingerprint density at radius 1 is 1.19 bits per heavy atom. The van der Waals surface area contributed by atoms with Gasteiger partial charge in [-0.2, -0.15) is 5.10 Å². The summed E-state index contributed by atoms with van der Waals surface area (Å²) < 4.78 is 15.4. The first kappa shape index (κ1) is 24.3. The molecule has 188 valence electrons. The molecule has 1 amide bonds. The van der Waals surface area contributed by atoms with E-state index in [9.17, 15) is 9.18 Å². The number of benzene rings is 2. The van der Waals surface area contributed by atoms with Gasteiger partial charge >= 0.3 is 0 Å². The van der Waals surface area contributed by atoms with E-state index in [1.54, 1.807) is 17.7 Å². The normalized spacial score (nSPS) is 19.6. The molecule has 3 aromatic rings. The van der Waals surface area contributed by atoms with Crippen LogP contribution < -0.4 is 10.2 Å². The van der Waals surface area contributed by atoms with Crippen molar-refractivity contribution in [2.45, 2.75) is 57.9 Å². The molecule has 1 aromatic heterocycles. The summed E-state index contributed by atoms with van der Waals surface area (Å²) in [6, 6.07) is 14.4. The monoisotopic (exact) mass is 486 g/mol. The molecule has 0 spiro atoms. The van der Waals surface area contributed by atoms with Crippen molar-refractivity contribution in [3.63, 3.8) is 0 Å². The third-order valence-corrected chi connectivity index (χ3v) is 7.96. The second kappa shape index (κ2) is 9.92. The first-order valence-corrected chi connectivity index (χ1v) is 13.0. The highest BCUT2D eigenvalue weighted by Crippen LogP contribution is 2.48. The molecule has 36 heavy (non-hydrogen) atoms. The number of anilines is 1. The maximum absolute atomic E-state index is 13.4. The quantitative estimate of drug-likeness (QED) is 0.414. The number of aromatic nitrogens is 2. The number of carbonyl (C=O) groups excluding carboxylic acids is 1. The Hall–Kier alpha value is -3.41. The van der Waals surface area contributed by atoms with Gasteiger partial charge in [0.05, 0.1) is 23.1 Å². The largest absolute Gasteiger partial charge is 0.377 e. The maximum Gasteiger partial charge on any atom is 0.253 e. The van der Waals surface area contributed by atoms with E-state index in [-0.39, 0.29) is 17.8 Å². The second-order valence-corrected chi connectivity index (χ2v) is 10.4. The van der Waals surface area contributed by atoms with Crippen LogP contribution in [-0.2, 0) is 6.42 Å². The second-order valence-electron chi connectivity index (χ2n) is 10.4. The summed E-state index contributed by atoms with van der Waals surface area (Å²) in [7, 11) is 3.93. The fourth-order valence-electron chi connectivity index (χ4n) is 6.12. The molecular formula is C30H35FN4O. The Balaban J connectivity index is 1.33. The zero-order valence-corrected chi connectivity index (χ0v) is 21.6. The predicted octanol–water partition coefficient (Wildman–Crippen LogP) is 6.04. The van der Waals surface area contributed by atoms with Crippen LogP contribution in [0.2, 0.25) is 0 Å². The summed E-state index contributed by atoms with van der Waals surface area (Å²) in [5.41, 5.74) is 8.09. The number of hydrogen-bond acceptors (Lipinski definition) is 3.